The lowest BCUT2D eigenvalue weighted by Crippen LogP contribution is -2.20. The van der Waals surface area contributed by atoms with Crippen molar-refractivity contribution in [1.82, 2.24) is 0 Å². The highest BCUT2D eigenvalue weighted by Gasteiger charge is 1.99. The first-order valence-electron chi connectivity index (χ1n) is 6.29. The largest absolute Gasteiger partial charge is 0.326 e. The number of guanidine groups is 1. The zero-order valence-electron chi connectivity index (χ0n) is 11.2. The summed E-state index contributed by atoms with van der Waals surface area (Å²) in [7, 11) is 0. The number of hydrogen-bond donors (Lipinski definition) is 3. The number of benzene rings is 2. The predicted molar refractivity (Wildman–Crippen MR) is 88.0 cm³/mol. The highest BCUT2D eigenvalue weighted by molar-refractivity contribution is 6.01. The van der Waals surface area contributed by atoms with Gasteiger partial charge in [0.2, 0.25) is 0 Å². The average Bonchev–Trinajstić information content (AvgIpc) is 2.48. The molecule has 0 spiro atoms. The highest BCUT2D eigenvalue weighted by Crippen LogP contribution is 2.13. The number of anilines is 2. The molecule has 3 N–H and O–H groups in total. The van der Waals surface area contributed by atoms with Crippen molar-refractivity contribution in [1.29, 1.82) is 5.41 Å². The summed E-state index contributed by atoms with van der Waals surface area (Å²) in [6.07, 6.45) is 3.56. The minimum Gasteiger partial charge on any atom is -0.326 e. The van der Waals surface area contributed by atoms with Crippen LogP contribution in [0.3, 0.4) is 0 Å². The molecule has 0 bridgehead atoms. The molecule has 0 aliphatic heterocycles. The molecule has 3 nitrogen and oxygen atoms in total. The van der Waals surface area contributed by atoms with Crippen LogP contribution in [-0.2, 0) is 0 Å². The molecule has 2 rings (SSSR count). The maximum Gasteiger partial charge on any atom is 0.197 e. The topological polar surface area (TPSA) is 47.9 Å². The maximum atomic E-state index is 7.92. The lowest BCUT2D eigenvalue weighted by atomic mass is 10.2. The first kappa shape index (κ1) is 13.6. The van der Waals surface area contributed by atoms with Crippen LogP contribution in [0.1, 0.15) is 11.1 Å². The maximum absolute atomic E-state index is 7.92. The van der Waals surface area contributed by atoms with Crippen molar-refractivity contribution in [3.8, 4) is 0 Å². The van der Waals surface area contributed by atoms with Crippen molar-refractivity contribution in [2.45, 2.75) is 0 Å². The number of hydrogen-bond acceptors (Lipinski definition) is 1. The van der Waals surface area contributed by atoms with Gasteiger partial charge < -0.3 is 10.6 Å². The minimum atomic E-state index is 0.220. The van der Waals surface area contributed by atoms with Gasteiger partial charge in [0, 0.05) is 11.4 Å². The van der Waals surface area contributed by atoms with Crippen LogP contribution in [0.25, 0.3) is 12.2 Å². The fraction of sp³-hybridized carbons (Fsp3) is 0. The van der Waals surface area contributed by atoms with Crippen molar-refractivity contribution in [2.75, 3.05) is 10.6 Å². The average molecular weight is 263 g/mol. The monoisotopic (exact) mass is 263 g/mol. The van der Waals surface area contributed by atoms with Gasteiger partial charge in [0.1, 0.15) is 0 Å². The van der Waals surface area contributed by atoms with E-state index in [9.17, 15) is 0 Å². The molecule has 0 aliphatic rings. The molecule has 0 aliphatic carbocycles. The third-order valence-corrected chi connectivity index (χ3v) is 2.81. The molecule has 0 saturated carbocycles. The van der Waals surface area contributed by atoms with Gasteiger partial charge in [-0.05, 0) is 35.4 Å². The van der Waals surface area contributed by atoms with Gasteiger partial charge >= 0.3 is 0 Å². The molecule has 100 valence electrons. The van der Waals surface area contributed by atoms with Gasteiger partial charge in [-0.3, -0.25) is 5.41 Å². The van der Waals surface area contributed by atoms with E-state index in [1.807, 2.05) is 48.5 Å². The van der Waals surface area contributed by atoms with Crippen LogP contribution in [-0.4, -0.2) is 5.96 Å². The molecule has 2 aromatic carbocycles. The Kier molecular flexibility index (Phi) is 4.35. The van der Waals surface area contributed by atoms with Crippen molar-refractivity contribution in [2.24, 2.45) is 0 Å². The van der Waals surface area contributed by atoms with Crippen LogP contribution >= 0.6 is 0 Å². The summed E-state index contributed by atoms with van der Waals surface area (Å²) >= 11 is 0. The van der Waals surface area contributed by atoms with Crippen LogP contribution in [0.15, 0.2) is 61.7 Å². The van der Waals surface area contributed by atoms with E-state index < -0.39 is 0 Å². The Morgan fingerprint density at radius 2 is 1.50 bits per heavy atom. The SMILES string of the molecule is C=Cc1ccc(NC(=N)Nc2cccc(C=C)c2)cc1. The van der Waals surface area contributed by atoms with Crippen molar-refractivity contribution in [3.05, 3.63) is 72.8 Å². The Balaban J connectivity index is 2.00. The lowest BCUT2D eigenvalue weighted by molar-refractivity contribution is 1.43. The molecule has 2 aromatic rings. The second-order valence-electron chi connectivity index (χ2n) is 4.28. The van der Waals surface area contributed by atoms with Gasteiger partial charge in [0.05, 0.1) is 0 Å². The van der Waals surface area contributed by atoms with Gasteiger partial charge in [0.15, 0.2) is 5.96 Å². The summed E-state index contributed by atoms with van der Waals surface area (Å²) in [6, 6.07) is 15.4. The fourth-order valence-corrected chi connectivity index (χ4v) is 1.77. The zero-order valence-corrected chi connectivity index (χ0v) is 11.2. The van der Waals surface area contributed by atoms with E-state index in [-0.39, 0.29) is 5.96 Å². The molecule has 0 unspecified atom stereocenters. The molecule has 0 atom stereocenters. The van der Waals surface area contributed by atoms with Crippen molar-refractivity contribution in [3.63, 3.8) is 0 Å². The molecular formula is C17H17N3. The lowest BCUT2D eigenvalue weighted by Gasteiger charge is -2.11. The Morgan fingerprint density at radius 1 is 0.850 bits per heavy atom. The zero-order chi connectivity index (χ0) is 14.4. The molecular weight excluding hydrogens is 246 g/mol. The Hall–Kier alpha value is -2.81. The quantitative estimate of drug-likeness (QED) is 0.564. The van der Waals surface area contributed by atoms with Gasteiger partial charge in [-0.25, -0.2) is 0 Å². The summed E-state index contributed by atoms with van der Waals surface area (Å²) in [4.78, 5) is 0. The molecule has 0 fully saturated rings. The summed E-state index contributed by atoms with van der Waals surface area (Å²) < 4.78 is 0. The van der Waals surface area contributed by atoms with Gasteiger partial charge in [0.25, 0.3) is 0 Å². The van der Waals surface area contributed by atoms with E-state index in [1.165, 1.54) is 0 Å². The standard InChI is InChI=1S/C17H17N3/c1-3-13-8-10-15(11-9-13)19-17(18)20-16-7-5-6-14(4-2)12-16/h3-12H,1-2H2,(H3,18,19,20). The molecule has 0 aromatic heterocycles. The molecule has 0 radical (unpaired) electrons. The van der Waals surface area contributed by atoms with Crippen LogP contribution in [0.5, 0.6) is 0 Å². The fourth-order valence-electron chi connectivity index (χ4n) is 1.77. The van der Waals surface area contributed by atoms with E-state index in [0.29, 0.717) is 0 Å². The van der Waals surface area contributed by atoms with E-state index in [0.717, 1.165) is 22.5 Å². The van der Waals surface area contributed by atoms with Gasteiger partial charge in [-0.1, -0.05) is 49.6 Å². The Bertz CT molecular complexity index is 627. The van der Waals surface area contributed by atoms with E-state index in [2.05, 4.69) is 23.8 Å². The second-order valence-corrected chi connectivity index (χ2v) is 4.28. The molecule has 20 heavy (non-hydrogen) atoms. The van der Waals surface area contributed by atoms with Crippen molar-refractivity contribution >= 4 is 29.5 Å². The highest BCUT2D eigenvalue weighted by atomic mass is 15.1. The first-order chi connectivity index (χ1) is 9.71. The third-order valence-electron chi connectivity index (χ3n) is 2.81. The van der Waals surface area contributed by atoms with E-state index in [4.69, 9.17) is 5.41 Å². The molecule has 0 heterocycles. The molecule has 0 amide bonds. The minimum absolute atomic E-state index is 0.220. The van der Waals surface area contributed by atoms with Crippen LogP contribution in [0, 0.1) is 5.41 Å². The summed E-state index contributed by atoms with van der Waals surface area (Å²) in [5, 5.41) is 13.9. The summed E-state index contributed by atoms with van der Waals surface area (Å²) in [5.74, 6) is 0.220. The Morgan fingerprint density at radius 3 is 2.15 bits per heavy atom. The smallest absolute Gasteiger partial charge is 0.197 e. The van der Waals surface area contributed by atoms with Crippen LogP contribution in [0.4, 0.5) is 11.4 Å². The van der Waals surface area contributed by atoms with Crippen molar-refractivity contribution < 1.29 is 0 Å². The Labute approximate surface area is 119 Å². The van der Waals surface area contributed by atoms with Crippen LogP contribution in [0.2, 0.25) is 0 Å². The van der Waals surface area contributed by atoms with E-state index in [1.54, 1.807) is 12.2 Å². The number of nitrogens with one attached hydrogen (secondary N) is 3. The predicted octanol–water partition coefficient (Wildman–Crippen LogP) is 4.43. The molecule has 3 heteroatoms. The second kappa shape index (κ2) is 6.38. The van der Waals surface area contributed by atoms with Gasteiger partial charge in [-0.15, -0.1) is 0 Å². The van der Waals surface area contributed by atoms with Crippen LogP contribution < -0.4 is 10.6 Å². The normalized spacial score (nSPS) is 9.60. The molecule has 0 saturated heterocycles. The summed E-state index contributed by atoms with van der Waals surface area (Å²) in [5.41, 5.74) is 3.77. The first-order valence-corrected chi connectivity index (χ1v) is 6.29. The van der Waals surface area contributed by atoms with Gasteiger partial charge in [-0.2, -0.15) is 0 Å². The van der Waals surface area contributed by atoms with E-state index >= 15 is 0 Å². The summed E-state index contributed by atoms with van der Waals surface area (Å²) in [6.45, 7) is 7.44. The number of rotatable bonds is 4. The third kappa shape index (κ3) is 3.59.